The summed E-state index contributed by atoms with van der Waals surface area (Å²) in [6, 6.07) is 16.8. The zero-order valence-corrected chi connectivity index (χ0v) is 26.6. The Labute approximate surface area is 262 Å². The maximum absolute atomic E-state index is 14.1. The monoisotopic (exact) mass is 649 g/mol. The molecule has 0 heterocycles. The van der Waals surface area contributed by atoms with Crippen molar-refractivity contribution in [3.8, 4) is 0 Å². The molecular weight excluding hydrogens is 617 g/mol. The quantitative estimate of drug-likeness (QED) is 0.256. The van der Waals surface area contributed by atoms with Gasteiger partial charge in [-0.3, -0.25) is 13.9 Å². The van der Waals surface area contributed by atoms with Gasteiger partial charge in [0.25, 0.3) is 10.0 Å². The zero-order chi connectivity index (χ0) is 30.4. The van der Waals surface area contributed by atoms with E-state index in [0.717, 1.165) is 42.0 Å². The fraction of sp³-hybridized carbons (Fsp3) is 0.355. The minimum Gasteiger partial charge on any atom is -0.352 e. The zero-order valence-electron chi connectivity index (χ0n) is 23.5. The predicted octanol–water partition coefficient (Wildman–Crippen LogP) is 7.02. The lowest BCUT2D eigenvalue weighted by Gasteiger charge is -2.33. The van der Waals surface area contributed by atoms with Crippen molar-refractivity contribution in [3.05, 3.63) is 92.9 Å². The van der Waals surface area contributed by atoms with E-state index in [1.807, 2.05) is 6.92 Å². The van der Waals surface area contributed by atoms with Crippen molar-refractivity contribution in [2.75, 3.05) is 10.8 Å². The summed E-state index contributed by atoms with van der Waals surface area (Å²) in [6.07, 6.45) is 4.93. The minimum atomic E-state index is -4.23. The molecule has 1 fully saturated rings. The van der Waals surface area contributed by atoms with E-state index in [4.69, 9.17) is 34.8 Å². The highest BCUT2D eigenvalue weighted by Crippen LogP contribution is 2.32. The normalized spacial score (nSPS) is 14.7. The molecule has 0 radical (unpaired) electrons. The van der Waals surface area contributed by atoms with Crippen LogP contribution in [-0.4, -0.2) is 43.8 Å². The van der Waals surface area contributed by atoms with E-state index in [0.29, 0.717) is 15.6 Å². The molecule has 224 valence electrons. The number of anilines is 1. The highest BCUT2D eigenvalue weighted by atomic mass is 35.5. The molecule has 1 N–H and O–H groups in total. The molecule has 1 aliphatic rings. The van der Waals surface area contributed by atoms with Crippen LogP contribution in [0.1, 0.15) is 50.2 Å². The average Bonchev–Trinajstić information content (AvgIpc) is 2.96. The van der Waals surface area contributed by atoms with E-state index in [-0.39, 0.29) is 34.1 Å². The summed E-state index contributed by atoms with van der Waals surface area (Å²) >= 11 is 19.4. The number of carbonyl (C=O) groups is 2. The molecule has 4 rings (SSSR count). The second kappa shape index (κ2) is 14.1. The summed E-state index contributed by atoms with van der Waals surface area (Å²) in [7, 11) is -4.23. The second-order valence-electron chi connectivity index (χ2n) is 10.5. The summed E-state index contributed by atoms with van der Waals surface area (Å²) in [6.45, 7) is 2.76. The summed E-state index contributed by atoms with van der Waals surface area (Å²) in [5.74, 6) is -0.947. The Morgan fingerprint density at radius 3 is 2.10 bits per heavy atom. The molecule has 3 aromatic rings. The van der Waals surface area contributed by atoms with E-state index in [9.17, 15) is 18.0 Å². The van der Waals surface area contributed by atoms with Gasteiger partial charge in [-0.25, -0.2) is 8.42 Å². The number of amides is 2. The summed E-state index contributed by atoms with van der Waals surface area (Å²) < 4.78 is 28.9. The van der Waals surface area contributed by atoms with Crippen molar-refractivity contribution in [1.29, 1.82) is 0 Å². The number of sulfonamides is 1. The van der Waals surface area contributed by atoms with Crippen LogP contribution in [0.15, 0.2) is 71.6 Å². The van der Waals surface area contributed by atoms with Gasteiger partial charge in [0.15, 0.2) is 0 Å². The number of hydrogen-bond acceptors (Lipinski definition) is 4. The van der Waals surface area contributed by atoms with Gasteiger partial charge in [0.1, 0.15) is 12.6 Å². The van der Waals surface area contributed by atoms with E-state index in [2.05, 4.69) is 5.32 Å². The van der Waals surface area contributed by atoms with Crippen LogP contribution in [0.25, 0.3) is 0 Å². The Bertz CT molecular complexity index is 1510. The van der Waals surface area contributed by atoms with Crippen molar-refractivity contribution in [2.24, 2.45) is 0 Å². The van der Waals surface area contributed by atoms with Crippen LogP contribution in [0.2, 0.25) is 15.1 Å². The molecule has 1 atom stereocenters. The number of nitrogens with zero attached hydrogens (tertiary/aromatic N) is 2. The number of rotatable bonds is 10. The molecule has 0 unspecified atom stereocenters. The molecule has 1 aliphatic carbocycles. The van der Waals surface area contributed by atoms with Crippen LogP contribution in [0, 0.1) is 6.92 Å². The summed E-state index contributed by atoms with van der Waals surface area (Å²) in [4.78, 5) is 28.9. The van der Waals surface area contributed by atoms with Crippen LogP contribution in [0.4, 0.5) is 5.69 Å². The molecule has 0 aliphatic heterocycles. The number of hydrogen-bond donors (Lipinski definition) is 1. The molecule has 7 nitrogen and oxygen atoms in total. The van der Waals surface area contributed by atoms with Crippen molar-refractivity contribution in [3.63, 3.8) is 0 Å². The smallest absolute Gasteiger partial charge is 0.264 e. The average molecular weight is 651 g/mol. The molecule has 0 spiro atoms. The highest BCUT2D eigenvalue weighted by molar-refractivity contribution is 7.92. The SMILES string of the molecule is Cc1ccc(S(=O)(=O)N(CC(=O)N(Cc2c(Cl)cccc2Cl)[C@@H](C)C(=O)NC2CCCCC2)c2ccccc2Cl)cc1. The fourth-order valence-electron chi connectivity index (χ4n) is 5.01. The Morgan fingerprint density at radius 1 is 0.881 bits per heavy atom. The number of nitrogens with one attached hydrogen (secondary N) is 1. The van der Waals surface area contributed by atoms with Gasteiger partial charge in [-0.05, 0) is 63.1 Å². The number of benzene rings is 3. The molecular formula is C31H34Cl3N3O4S. The van der Waals surface area contributed by atoms with Crippen LogP contribution >= 0.6 is 34.8 Å². The van der Waals surface area contributed by atoms with Crippen molar-refractivity contribution < 1.29 is 18.0 Å². The first-order valence-corrected chi connectivity index (χ1v) is 16.4. The van der Waals surface area contributed by atoms with Crippen molar-refractivity contribution in [1.82, 2.24) is 10.2 Å². The Kier molecular flexibility index (Phi) is 10.8. The molecule has 0 aromatic heterocycles. The Morgan fingerprint density at radius 2 is 1.48 bits per heavy atom. The molecule has 0 saturated heterocycles. The maximum atomic E-state index is 14.1. The first-order valence-electron chi connectivity index (χ1n) is 13.9. The number of halogens is 3. The topological polar surface area (TPSA) is 86.8 Å². The van der Waals surface area contributed by atoms with Crippen LogP contribution in [0.5, 0.6) is 0 Å². The molecule has 42 heavy (non-hydrogen) atoms. The van der Waals surface area contributed by atoms with Gasteiger partial charge in [0, 0.05) is 28.2 Å². The molecule has 1 saturated carbocycles. The lowest BCUT2D eigenvalue weighted by atomic mass is 9.95. The first kappa shape index (κ1) is 32.1. The van der Waals surface area contributed by atoms with Crippen LogP contribution in [-0.2, 0) is 26.2 Å². The third kappa shape index (κ3) is 7.59. The number of para-hydroxylation sites is 1. The first-order chi connectivity index (χ1) is 20.0. The molecule has 2 amide bonds. The lowest BCUT2D eigenvalue weighted by Crippen LogP contribution is -2.53. The third-order valence-electron chi connectivity index (χ3n) is 7.52. The second-order valence-corrected chi connectivity index (χ2v) is 13.6. The van der Waals surface area contributed by atoms with E-state index < -0.39 is 28.5 Å². The van der Waals surface area contributed by atoms with Gasteiger partial charge in [0.05, 0.1) is 15.6 Å². The van der Waals surface area contributed by atoms with E-state index in [1.54, 1.807) is 55.5 Å². The van der Waals surface area contributed by atoms with Gasteiger partial charge in [-0.2, -0.15) is 0 Å². The van der Waals surface area contributed by atoms with E-state index in [1.165, 1.54) is 23.1 Å². The lowest BCUT2D eigenvalue weighted by molar-refractivity contribution is -0.139. The standard InChI is InChI=1S/C31H34Cl3N3O4S/c1-21-15-17-24(18-16-21)42(40,41)37(29-14-7-6-11-28(29)34)20-30(38)36(19-25-26(32)12-8-13-27(25)33)22(2)31(39)35-23-9-4-3-5-10-23/h6-8,11-18,22-23H,3-5,9-10,19-20H2,1-2H3,(H,35,39)/t22-/m0/s1. The molecule has 3 aromatic carbocycles. The maximum Gasteiger partial charge on any atom is 0.264 e. The van der Waals surface area contributed by atoms with Gasteiger partial charge < -0.3 is 10.2 Å². The Balaban J connectivity index is 1.72. The van der Waals surface area contributed by atoms with Crippen LogP contribution in [0.3, 0.4) is 0 Å². The molecule has 11 heteroatoms. The van der Waals surface area contributed by atoms with Gasteiger partial charge >= 0.3 is 0 Å². The van der Waals surface area contributed by atoms with Gasteiger partial charge in [0.2, 0.25) is 11.8 Å². The van der Waals surface area contributed by atoms with Crippen molar-refractivity contribution >= 4 is 62.3 Å². The Hall–Kier alpha value is -2.78. The predicted molar refractivity (Wildman–Crippen MR) is 169 cm³/mol. The van der Waals surface area contributed by atoms with Crippen LogP contribution < -0.4 is 9.62 Å². The number of carbonyl (C=O) groups excluding carboxylic acids is 2. The molecule has 0 bridgehead atoms. The van der Waals surface area contributed by atoms with E-state index >= 15 is 0 Å². The fourth-order valence-corrected chi connectivity index (χ4v) is 7.25. The van der Waals surface area contributed by atoms with Gasteiger partial charge in [-0.1, -0.05) is 90.0 Å². The summed E-state index contributed by atoms with van der Waals surface area (Å²) in [5.41, 5.74) is 1.48. The summed E-state index contributed by atoms with van der Waals surface area (Å²) in [5, 5.41) is 3.89. The highest BCUT2D eigenvalue weighted by Gasteiger charge is 2.34. The minimum absolute atomic E-state index is 0.00427. The third-order valence-corrected chi connectivity index (χ3v) is 10.3. The number of aryl methyl sites for hydroxylation is 1. The van der Waals surface area contributed by atoms with Gasteiger partial charge in [-0.15, -0.1) is 0 Å². The largest absolute Gasteiger partial charge is 0.352 e. The van der Waals surface area contributed by atoms with Crippen molar-refractivity contribution in [2.45, 2.75) is 69.5 Å².